The molecule has 9 heteroatoms. The van der Waals surface area contributed by atoms with Gasteiger partial charge in [0.15, 0.2) is 11.5 Å². The fourth-order valence-electron chi connectivity index (χ4n) is 4.28. The molecule has 2 aliphatic heterocycles. The zero-order valence-electron chi connectivity index (χ0n) is 16.8. The number of aromatic nitrogens is 4. The topological polar surface area (TPSA) is 87.5 Å². The van der Waals surface area contributed by atoms with Gasteiger partial charge in [-0.25, -0.2) is 19.3 Å². The van der Waals surface area contributed by atoms with Gasteiger partial charge in [-0.3, -0.25) is 4.79 Å². The zero-order chi connectivity index (χ0) is 20.7. The molecule has 0 radical (unpaired) electrons. The van der Waals surface area contributed by atoms with Crippen molar-refractivity contribution in [3.05, 3.63) is 48.1 Å². The molecule has 8 nitrogen and oxygen atoms in total. The minimum absolute atomic E-state index is 0.187. The average molecular weight is 409 g/mol. The molecule has 0 spiro atoms. The second-order valence-electron chi connectivity index (χ2n) is 8.13. The molecule has 0 unspecified atom stereocenters. The van der Waals surface area contributed by atoms with Crippen molar-refractivity contribution in [2.45, 2.75) is 32.2 Å². The smallest absolute Gasteiger partial charge is 0.275 e. The summed E-state index contributed by atoms with van der Waals surface area (Å²) in [6.07, 6.45) is 10.2. The number of pyridine rings is 1. The largest absolute Gasteiger partial charge is 0.355 e. The number of anilines is 2. The molecule has 2 saturated heterocycles. The maximum Gasteiger partial charge on any atom is 0.275 e. The maximum absolute atomic E-state index is 14.2. The molecule has 0 saturated carbocycles. The monoisotopic (exact) mass is 409 g/mol. The summed E-state index contributed by atoms with van der Waals surface area (Å²) in [5.41, 5.74) is 1.45. The zero-order valence-corrected chi connectivity index (χ0v) is 16.8. The number of imidazole rings is 1. The number of halogens is 1. The van der Waals surface area contributed by atoms with Gasteiger partial charge < -0.3 is 19.9 Å². The van der Waals surface area contributed by atoms with E-state index in [1.54, 1.807) is 29.9 Å². The predicted molar refractivity (Wildman–Crippen MR) is 111 cm³/mol. The van der Waals surface area contributed by atoms with Crippen molar-refractivity contribution in [3.63, 3.8) is 0 Å². The molecular formula is C21H24FN7O. The van der Waals surface area contributed by atoms with Crippen molar-refractivity contribution < 1.29 is 9.18 Å². The first-order valence-electron chi connectivity index (χ1n) is 10.3. The van der Waals surface area contributed by atoms with Gasteiger partial charge in [0.1, 0.15) is 11.5 Å². The van der Waals surface area contributed by atoms with Gasteiger partial charge in [0.25, 0.3) is 5.91 Å². The van der Waals surface area contributed by atoms with Crippen LogP contribution in [0.25, 0.3) is 5.65 Å². The number of carbonyl (C=O) groups excluding carboxylic acids is 1. The van der Waals surface area contributed by atoms with Gasteiger partial charge in [-0.05, 0) is 26.3 Å². The lowest BCUT2D eigenvalue weighted by atomic mass is 9.86. The van der Waals surface area contributed by atoms with Crippen LogP contribution in [-0.4, -0.2) is 50.9 Å². The first-order chi connectivity index (χ1) is 14.6. The molecule has 3 aromatic heterocycles. The molecule has 2 N–H and O–H groups in total. The number of rotatable bonds is 4. The first kappa shape index (κ1) is 18.9. The summed E-state index contributed by atoms with van der Waals surface area (Å²) in [5, 5.41) is 6.28. The molecule has 156 valence electrons. The Hall–Kier alpha value is -3.07. The number of nitrogens with zero attached hydrogens (tertiary/aromatic N) is 5. The number of fused-ring (bicyclic) bond motifs is 1. The molecule has 3 aromatic rings. The quantitative estimate of drug-likeness (QED) is 0.688. The molecule has 0 aromatic carbocycles. The summed E-state index contributed by atoms with van der Waals surface area (Å²) in [5.74, 6) is 0.492. The Labute approximate surface area is 173 Å². The molecule has 2 aliphatic rings. The maximum atomic E-state index is 14.2. The minimum Gasteiger partial charge on any atom is -0.355 e. The van der Waals surface area contributed by atoms with Gasteiger partial charge in [-0.2, -0.15) is 0 Å². The van der Waals surface area contributed by atoms with Crippen molar-refractivity contribution in [2.75, 3.05) is 29.9 Å². The van der Waals surface area contributed by atoms with Gasteiger partial charge in [-0.15, -0.1) is 0 Å². The summed E-state index contributed by atoms with van der Waals surface area (Å²) >= 11 is 0. The van der Waals surface area contributed by atoms with E-state index in [4.69, 9.17) is 0 Å². The highest BCUT2D eigenvalue weighted by atomic mass is 19.1. The summed E-state index contributed by atoms with van der Waals surface area (Å²) in [7, 11) is 0. The van der Waals surface area contributed by atoms with E-state index in [0.29, 0.717) is 23.3 Å². The van der Waals surface area contributed by atoms with Crippen molar-refractivity contribution in [1.82, 2.24) is 24.7 Å². The Morgan fingerprint density at radius 2 is 2.10 bits per heavy atom. The van der Waals surface area contributed by atoms with Crippen molar-refractivity contribution in [2.24, 2.45) is 5.92 Å². The Morgan fingerprint density at radius 1 is 1.23 bits per heavy atom. The van der Waals surface area contributed by atoms with Gasteiger partial charge in [-0.1, -0.05) is 6.42 Å². The SMILES string of the molecule is Cc1cn2cc(NC(=O)c3cnc(N4CC([C@@H]5CCCCN5)C4)cn3)cc(F)c2n1. The molecular weight excluding hydrogens is 385 g/mol. The fourth-order valence-corrected chi connectivity index (χ4v) is 4.28. The van der Waals surface area contributed by atoms with Crippen molar-refractivity contribution >= 4 is 23.1 Å². The molecule has 5 rings (SSSR count). The Morgan fingerprint density at radius 3 is 2.83 bits per heavy atom. The highest BCUT2D eigenvalue weighted by Crippen LogP contribution is 2.28. The van der Waals surface area contributed by atoms with E-state index in [-0.39, 0.29) is 11.3 Å². The van der Waals surface area contributed by atoms with E-state index in [2.05, 4.69) is 30.5 Å². The van der Waals surface area contributed by atoms with Crippen LogP contribution in [-0.2, 0) is 0 Å². The molecule has 2 fully saturated rings. The molecule has 0 bridgehead atoms. The number of nitrogens with one attached hydrogen (secondary N) is 2. The number of carbonyl (C=O) groups is 1. The predicted octanol–water partition coefficient (Wildman–Crippen LogP) is 2.40. The second kappa shape index (κ2) is 7.64. The first-order valence-corrected chi connectivity index (χ1v) is 10.3. The summed E-state index contributed by atoms with van der Waals surface area (Å²) in [6, 6.07) is 1.85. The lowest BCUT2D eigenvalue weighted by Crippen LogP contribution is -2.57. The van der Waals surface area contributed by atoms with Crippen LogP contribution < -0.4 is 15.5 Å². The molecule has 1 amide bonds. The van der Waals surface area contributed by atoms with E-state index in [1.807, 2.05) is 0 Å². The molecule has 30 heavy (non-hydrogen) atoms. The molecule has 5 heterocycles. The highest BCUT2D eigenvalue weighted by Gasteiger charge is 2.34. The Kier molecular flexibility index (Phi) is 4.82. The van der Waals surface area contributed by atoms with Gasteiger partial charge in [0.2, 0.25) is 0 Å². The summed E-state index contributed by atoms with van der Waals surface area (Å²) in [4.78, 5) is 27.5. The Bertz CT molecular complexity index is 1070. The van der Waals surface area contributed by atoms with Crippen molar-refractivity contribution in [1.29, 1.82) is 0 Å². The van der Waals surface area contributed by atoms with Crippen LogP contribution in [0.3, 0.4) is 0 Å². The second-order valence-corrected chi connectivity index (χ2v) is 8.13. The number of hydrogen-bond donors (Lipinski definition) is 2. The van der Waals surface area contributed by atoms with E-state index >= 15 is 0 Å². The van der Waals surface area contributed by atoms with Gasteiger partial charge in [0, 0.05) is 43.5 Å². The van der Waals surface area contributed by atoms with Crippen LogP contribution in [0.2, 0.25) is 0 Å². The number of piperidine rings is 1. The molecule has 0 aliphatic carbocycles. The third kappa shape index (κ3) is 3.60. The third-order valence-corrected chi connectivity index (χ3v) is 5.91. The van der Waals surface area contributed by atoms with Crippen LogP contribution in [0.4, 0.5) is 15.9 Å². The van der Waals surface area contributed by atoms with Crippen LogP contribution in [0.1, 0.15) is 35.4 Å². The lowest BCUT2D eigenvalue weighted by Gasteiger charge is -2.45. The van der Waals surface area contributed by atoms with Gasteiger partial charge >= 0.3 is 0 Å². The number of amides is 1. The van der Waals surface area contributed by atoms with Crippen LogP contribution >= 0.6 is 0 Å². The average Bonchev–Trinajstić information content (AvgIpc) is 3.09. The number of aryl methyl sites for hydroxylation is 1. The lowest BCUT2D eigenvalue weighted by molar-refractivity contribution is 0.102. The van der Waals surface area contributed by atoms with E-state index in [9.17, 15) is 9.18 Å². The van der Waals surface area contributed by atoms with Crippen LogP contribution in [0, 0.1) is 18.7 Å². The van der Waals surface area contributed by atoms with Gasteiger partial charge in [0.05, 0.1) is 23.8 Å². The third-order valence-electron chi connectivity index (χ3n) is 5.91. The summed E-state index contributed by atoms with van der Waals surface area (Å²) < 4.78 is 15.7. The summed E-state index contributed by atoms with van der Waals surface area (Å²) in [6.45, 7) is 4.82. The van der Waals surface area contributed by atoms with E-state index in [0.717, 1.165) is 25.5 Å². The Balaban J connectivity index is 1.22. The fraction of sp³-hybridized carbons (Fsp3) is 0.429. The van der Waals surface area contributed by atoms with Crippen molar-refractivity contribution in [3.8, 4) is 0 Å². The van der Waals surface area contributed by atoms with E-state index in [1.165, 1.54) is 31.5 Å². The minimum atomic E-state index is -0.498. The normalized spacial score (nSPS) is 19.7. The van der Waals surface area contributed by atoms with E-state index < -0.39 is 11.7 Å². The van der Waals surface area contributed by atoms with Crippen LogP contribution in [0.5, 0.6) is 0 Å². The van der Waals surface area contributed by atoms with Crippen LogP contribution in [0.15, 0.2) is 30.9 Å². The standard InChI is InChI=1S/C21H24FN7O/c1-13-9-29-12-15(6-16(22)20(29)26-13)27-21(30)18-7-25-19(8-24-18)28-10-14(11-28)17-4-2-3-5-23-17/h6-9,12,14,17,23H,2-5,10-11H2,1H3,(H,27,30)/t17-/m0/s1. The number of hydrogen-bond acceptors (Lipinski definition) is 6. The highest BCUT2D eigenvalue weighted by molar-refractivity contribution is 6.02. The molecule has 1 atom stereocenters.